The van der Waals surface area contributed by atoms with Crippen molar-refractivity contribution in [2.24, 2.45) is 0 Å². The molecule has 1 aromatic carbocycles. The van der Waals surface area contributed by atoms with Crippen LogP contribution in [0.2, 0.25) is 15.1 Å². The molecule has 136 valence electrons. The van der Waals surface area contributed by atoms with Crippen LogP contribution in [0.1, 0.15) is 17.0 Å². The van der Waals surface area contributed by atoms with Gasteiger partial charge < -0.3 is 5.32 Å². The minimum atomic E-state index is -0.230. The zero-order valence-electron chi connectivity index (χ0n) is 14.1. The summed E-state index contributed by atoms with van der Waals surface area (Å²) >= 11 is 17.9. The Labute approximate surface area is 165 Å². The van der Waals surface area contributed by atoms with Gasteiger partial charge in [-0.2, -0.15) is 10.2 Å². The largest absolute Gasteiger partial charge is 0.308 e. The molecule has 0 spiro atoms. The van der Waals surface area contributed by atoms with Crippen LogP contribution < -0.4 is 5.32 Å². The number of nitrogens with zero attached hydrogens (tertiary/aromatic N) is 4. The Morgan fingerprint density at radius 3 is 2.50 bits per heavy atom. The van der Waals surface area contributed by atoms with Gasteiger partial charge >= 0.3 is 0 Å². The highest BCUT2D eigenvalue weighted by Crippen LogP contribution is 2.23. The number of anilines is 1. The molecule has 0 aliphatic carbocycles. The number of halogens is 3. The van der Waals surface area contributed by atoms with Crippen LogP contribution in [0.25, 0.3) is 0 Å². The molecule has 0 aliphatic heterocycles. The van der Waals surface area contributed by atoms with Crippen molar-refractivity contribution in [1.82, 2.24) is 19.6 Å². The number of amides is 1. The van der Waals surface area contributed by atoms with Gasteiger partial charge in [0.15, 0.2) is 5.82 Å². The Balaban J connectivity index is 1.68. The highest BCUT2D eigenvalue weighted by atomic mass is 35.5. The monoisotopic (exact) mass is 411 g/mol. The average Bonchev–Trinajstić information content (AvgIpc) is 3.07. The molecule has 0 fully saturated rings. The fourth-order valence-electron chi connectivity index (χ4n) is 2.44. The maximum absolute atomic E-state index is 12.2. The molecule has 0 radical (unpaired) electrons. The lowest BCUT2D eigenvalue weighted by Crippen LogP contribution is -2.20. The molecule has 0 unspecified atom stereocenters. The minimum absolute atomic E-state index is 0.0667. The van der Waals surface area contributed by atoms with Gasteiger partial charge in [-0.15, -0.1) is 0 Å². The molecule has 0 atom stereocenters. The van der Waals surface area contributed by atoms with Crippen LogP contribution >= 0.6 is 34.8 Å². The van der Waals surface area contributed by atoms with Gasteiger partial charge in [-0.3, -0.25) is 14.2 Å². The van der Waals surface area contributed by atoms with E-state index in [0.29, 0.717) is 27.4 Å². The van der Waals surface area contributed by atoms with Crippen LogP contribution in [-0.4, -0.2) is 25.5 Å². The predicted molar refractivity (Wildman–Crippen MR) is 103 cm³/mol. The van der Waals surface area contributed by atoms with Gasteiger partial charge in [-0.25, -0.2) is 0 Å². The first-order valence-electron chi connectivity index (χ1n) is 7.79. The number of benzene rings is 1. The second kappa shape index (κ2) is 7.70. The number of hydrogen-bond donors (Lipinski definition) is 1. The van der Waals surface area contributed by atoms with Crippen molar-refractivity contribution in [2.75, 3.05) is 5.32 Å². The Hall–Kier alpha value is -2.02. The van der Waals surface area contributed by atoms with Crippen molar-refractivity contribution in [3.05, 3.63) is 62.5 Å². The quantitative estimate of drug-likeness (QED) is 0.678. The molecule has 2 heterocycles. The standard InChI is InChI=1S/C17H16Cl3N5O/c1-10-5-16(22-17(26)9-25-11(2)15(20)7-21-25)23-24(10)8-12-3-4-13(18)14(19)6-12/h3-7H,8-9H2,1-2H3,(H,22,23,26). The van der Waals surface area contributed by atoms with Crippen molar-refractivity contribution in [3.63, 3.8) is 0 Å². The SMILES string of the molecule is Cc1cc(NC(=O)Cn2ncc(Cl)c2C)nn1Cc1ccc(Cl)c(Cl)c1. The molecule has 1 amide bonds. The van der Waals surface area contributed by atoms with Gasteiger partial charge in [-0.1, -0.05) is 40.9 Å². The first-order chi connectivity index (χ1) is 12.3. The molecule has 0 saturated heterocycles. The second-order valence-corrected chi connectivity index (χ2v) is 7.08. The summed E-state index contributed by atoms with van der Waals surface area (Å²) in [5.74, 6) is 0.246. The molecular weight excluding hydrogens is 397 g/mol. The first-order valence-corrected chi connectivity index (χ1v) is 8.93. The van der Waals surface area contributed by atoms with Crippen LogP contribution in [0.3, 0.4) is 0 Å². The Morgan fingerprint density at radius 1 is 1.08 bits per heavy atom. The molecule has 6 nitrogen and oxygen atoms in total. The number of hydrogen-bond acceptors (Lipinski definition) is 3. The summed E-state index contributed by atoms with van der Waals surface area (Å²) in [6.07, 6.45) is 1.51. The van der Waals surface area contributed by atoms with Crippen LogP contribution in [0.5, 0.6) is 0 Å². The van der Waals surface area contributed by atoms with Gasteiger partial charge in [-0.05, 0) is 31.5 Å². The van der Waals surface area contributed by atoms with Crippen LogP contribution in [0.15, 0.2) is 30.5 Å². The number of nitrogens with one attached hydrogen (secondary N) is 1. The summed E-state index contributed by atoms with van der Waals surface area (Å²) in [6.45, 7) is 4.31. The fourth-order valence-corrected chi connectivity index (χ4v) is 2.91. The highest BCUT2D eigenvalue weighted by Gasteiger charge is 2.12. The fraction of sp³-hybridized carbons (Fsp3) is 0.235. The van der Waals surface area contributed by atoms with Crippen LogP contribution in [0.4, 0.5) is 5.82 Å². The molecule has 1 N–H and O–H groups in total. The van der Waals surface area contributed by atoms with Gasteiger partial charge in [0.2, 0.25) is 5.91 Å². The Kier molecular flexibility index (Phi) is 5.55. The third-order valence-corrected chi connectivity index (χ3v) is 5.01. The minimum Gasteiger partial charge on any atom is -0.308 e. The zero-order valence-corrected chi connectivity index (χ0v) is 16.4. The molecule has 2 aromatic heterocycles. The van der Waals surface area contributed by atoms with E-state index in [1.54, 1.807) is 29.8 Å². The van der Waals surface area contributed by atoms with Gasteiger partial charge in [0.05, 0.1) is 33.5 Å². The number of carbonyl (C=O) groups is 1. The number of rotatable bonds is 5. The molecule has 0 saturated carbocycles. The lowest BCUT2D eigenvalue weighted by Gasteiger charge is -2.06. The summed E-state index contributed by atoms with van der Waals surface area (Å²) in [6, 6.07) is 7.24. The summed E-state index contributed by atoms with van der Waals surface area (Å²) in [4.78, 5) is 12.2. The lowest BCUT2D eigenvalue weighted by molar-refractivity contribution is -0.117. The van der Waals surface area contributed by atoms with Crippen molar-refractivity contribution in [3.8, 4) is 0 Å². The van der Waals surface area contributed by atoms with Crippen molar-refractivity contribution in [2.45, 2.75) is 26.9 Å². The molecule has 3 aromatic rings. The number of aryl methyl sites for hydroxylation is 1. The van der Waals surface area contributed by atoms with E-state index in [1.165, 1.54) is 10.9 Å². The predicted octanol–water partition coefficient (Wildman–Crippen LogP) is 4.34. The van der Waals surface area contributed by atoms with Crippen LogP contribution in [0, 0.1) is 13.8 Å². The highest BCUT2D eigenvalue weighted by molar-refractivity contribution is 6.42. The summed E-state index contributed by atoms with van der Waals surface area (Å²) in [7, 11) is 0. The van der Waals surface area contributed by atoms with Gasteiger partial charge in [0, 0.05) is 11.8 Å². The average molecular weight is 413 g/mol. The summed E-state index contributed by atoms with van der Waals surface area (Å²) in [5, 5.41) is 12.8. The van der Waals surface area contributed by atoms with Gasteiger partial charge in [0.1, 0.15) is 6.54 Å². The normalized spacial score (nSPS) is 11.0. The molecule has 0 bridgehead atoms. The van der Waals surface area contributed by atoms with Gasteiger partial charge in [0.25, 0.3) is 0 Å². The molecular formula is C17H16Cl3N5O. The maximum Gasteiger partial charge on any atom is 0.247 e. The third-order valence-electron chi connectivity index (χ3n) is 3.90. The van der Waals surface area contributed by atoms with E-state index in [0.717, 1.165) is 17.0 Å². The molecule has 9 heteroatoms. The van der Waals surface area contributed by atoms with Crippen LogP contribution in [-0.2, 0) is 17.9 Å². The number of carbonyl (C=O) groups excluding carboxylic acids is 1. The van der Waals surface area contributed by atoms with E-state index < -0.39 is 0 Å². The molecule has 3 rings (SSSR count). The first kappa shape index (κ1) is 18.8. The van der Waals surface area contributed by atoms with Crippen molar-refractivity contribution < 1.29 is 4.79 Å². The van der Waals surface area contributed by atoms with E-state index in [1.807, 2.05) is 13.0 Å². The Bertz CT molecular complexity index is 963. The molecule has 26 heavy (non-hydrogen) atoms. The number of aromatic nitrogens is 4. The Morgan fingerprint density at radius 2 is 1.85 bits per heavy atom. The van der Waals surface area contributed by atoms with E-state index >= 15 is 0 Å². The zero-order chi connectivity index (χ0) is 18.8. The van der Waals surface area contributed by atoms with Crippen molar-refractivity contribution in [1.29, 1.82) is 0 Å². The summed E-state index contributed by atoms with van der Waals surface area (Å²) in [5.41, 5.74) is 2.61. The van der Waals surface area contributed by atoms with E-state index in [2.05, 4.69) is 15.5 Å². The molecule has 0 aliphatic rings. The van der Waals surface area contributed by atoms with E-state index in [4.69, 9.17) is 34.8 Å². The maximum atomic E-state index is 12.2. The topological polar surface area (TPSA) is 64.7 Å². The smallest absolute Gasteiger partial charge is 0.247 e. The summed E-state index contributed by atoms with van der Waals surface area (Å²) < 4.78 is 3.32. The van der Waals surface area contributed by atoms with E-state index in [9.17, 15) is 4.79 Å². The lowest BCUT2D eigenvalue weighted by atomic mass is 10.2. The van der Waals surface area contributed by atoms with Crippen molar-refractivity contribution >= 4 is 46.5 Å². The van der Waals surface area contributed by atoms with E-state index in [-0.39, 0.29) is 12.5 Å². The second-order valence-electron chi connectivity index (χ2n) is 5.86. The third kappa shape index (κ3) is 4.20.